The van der Waals surface area contributed by atoms with E-state index in [9.17, 15) is 0 Å². The molecule has 2 aromatic heterocycles. The van der Waals surface area contributed by atoms with Crippen molar-refractivity contribution < 1.29 is 4.52 Å². The summed E-state index contributed by atoms with van der Waals surface area (Å²) in [4.78, 5) is 4.33. The van der Waals surface area contributed by atoms with E-state index in [0.717, 1.165) is 30.8 Å². The Bertz CT molecular complexity index is 504. The summed E-state index contributed by atoms with van der Waals surface area (Å²) in [5, 5.41) is 12.1. The molecule has 19 heavy (non-hydrogen) atoms. The molecule has 7 nitrogen and oxygen atoms in total. The van der Waals surface area contributed by atoms with Gasteiger partial charge in [0.1, 0.15) is 6.54 Å². The molecule has 2 N–H and O–H groups in total. The average Bonchev–Trinajstić information content (AvgIpc) is 2.96. The molecule has 2 rings (SSSR count). The summed E-state index contributed by atoms with van der Waals surface area (Å²) in [6, 6.07) is 0. The van der Waals surface area contributed by atoms with E-state index in [4.69, 9.17) is 10.3 Å². The maximum absolute atomic E-state index is 5.46. The normalized spacial score (nSPS) is 11.4. The first-order valence-electron chi connectivity index (χ1n) is 6.58. The van der Waals surface area contributed by atoms with Gasteiger partial charge in [-0.05, 0) is 25.3 Å². The number of hydrogen-bond donors (Lipinski definition) is 1. The van der Waals surface area contributed by atoms with Gasteiger partial charge in [0.2, 0.25) is 5.89 Å². The molecule has 104 valence electrons. The second kappa shape index (κ2) is 6.42. The van der Waals surface area contributed by atoms with Crippen molar-refractivity contribution in [3.8, 4) is 0 Å². The maximum atomic E-state index is 5.46. The molecule has 0 amide bonds. The maximum Gasteiger partial charge on any atom is 0.248 e. The topological polar surface area (TPSA) is 95.7 Å². The molecule has 0 saturated heterocycles. The molecule has 0 aliphatic rings. The van der Waals surface area contributed by atoms with Crippen LogP contribution in [0.25, 0.3) is 0 Å². The van der Waals surface area contributed by atoms with Crippen molar-refractivity contribution in [1.82, 2.24) is 25.1 Å². The van der Waals surface area contributed by atoms with Crippen LogP contribution in [0, 0.1) is 5.92 Å². The van der Waals surface area contributed by atoms with Crippen molar-refractivity contribution in [3.05, 3.63) is 23.6 Å². The van der Waals surface area contributed by atoms with Crippen molar-refractivity contribution >= 4 is 0 Å². The van der Waals surface area contributed by atoms with Gasteiger partial charge in [-0.3, -0.25) is 0 Å². The summed E-state index contributed by atoms with van der Waals surface area (Å²) in [7, 11) is 0. The van der Waals surface area contributed by atoms with Gasteiger partial charge in [-0.25, -0.2) is 4.68 Å². The van der Waals surface area contributed by atoms with Gasteiger partial charge in [-0.2, -0.15) is 4.98 Å². The van der Waals surface area contributed by atoms with Crippen LogP contribution in [0.3, 0.4) is 0 Å². The van der Waals surface area contributed by atoms with E-state index in [2.05, 4.69) is 34.3 Å². The second-order valence-corrected chi connectivity index (χ2v) is 5.00. The van der Waals surface area contributed by atoms with E-state index in [1.807, 2.05) is 6.20 Å². The van der Waals surface area contributed by atoms with Crippen LogP contribution < -0.4 is 5.73 Å². The molecular weight excluding hydrogens is 244 g/mol. The fourth-order valence-electron chi connectivity index (χ4n) is 1.75. The molecule has 7 heteroatoms. The Morgan fingerprint density at radius 2 is 2.26 bits per heavy atom. The SMILES string of the molecule is CC(C)Cc1noc(Cn2cc(CCCN)nn2)n1. The highest BCUT2D eigenvalue weighted by molar-refractivity contribution is 4.94. The van der Waals surface area contributed by atoms with Gasteiger partial charge in [0, 0.05) is 12.6 Å². The van der Waals surface area contributed by atoms with E-state index in [0.29, 0.717) is 24.9 Å². The zero-order chi connectivity index (χ0) is 13.7. The predicted molar refractivity (Wildman–Crippen MR) is 69.3 cm³/mol. The lowest BCUT2D eigenvalue weighted by molar-refractivity contribution is 0.358. The smallest absolute Gasteiger partial charge is 0.248 e. The monoisotopic (exact) mass is 264 g/mol. The quantitative estimate of drug-likeness (QED) is 0.794. The molecule has 0 aliphatic heterocycles. The summed E-state index contributed by atoms with van der Waals surface area (Å²) in [6.45, 7) is 5.37. The molecule has 0 spiro atoms. The van der Waals surface area contributed by atoms with Crippen LogP contribution >= 0.6 is 0 Å². The van der Waals surface area contributed by atoms with Crippen molar-refractivity contribution in [1.29, 1.82) is 0 Å². The Hall–Kier alpha value is -1.76. The summed E-state index contributed by atoms with van der Waals surface area (Å²) in [6.07, 6.45) is 4.47. The Morgan fingerprint density at radius 1 is 1.42 bits per heavy atom. The Kier molecular flexibility index (Phi) is 4.62. The lowest BCUT2D eigenvalue weighted by Gasteiger charge is -1.96. The molecule has 0 aromatic carbocycles. The largest absolute Gasteiger partial charge is 0.337 e. The number of aryl methyl sites for hydroxylation is 1. The van der Waals surface area contributed by atoms with E-state index in [-0.39, 0.29) is 0 Å². The van der Waals surface area contributed by atoms with Gasteiger partial charge in [-0.1, -0.05) is 24.2 Å². The third-order valence-electron chi connectivity index (χ3n) is 2.62. The van der Waals surface area contributed by atoms with Crippen molar-refractivity contribution in [2.24, 2.45) is 11.7 Å². The van der Waals surface area contributed by atoms with E-state index in [1.165, 1.54) is 0 Å². The molecule has 0 unspecified atom stereocenters. The van der Waals surface area contributed by atoms with E-state index < -0.39 is 0 Å². The molecule has 0 aliphatic carbocycles. The second-order valence-electron chi connectivity index (χ2n) is 5.00. The standard InChI is InChI=1S/C12H20N6O/c1-9(2)6-11-14-12(19-16-11)8-18-7-10(15-17-18)4-3-5-13/h7,9H,3-6,8,13H2,1-2H3. The number of nitrogens with two attached hydrogens (primary N) is 1. The summed E-state index contributed by atoms with van der Waals surface area (Å²) < 4.78 is 6.90. The summed E-state index contributed by atoms with van der Waals surface area (Å²) >= 11 is 0. The van der Waals surface area contributed by atoms with E-state index in [1.54, 1.807) is 4.68 Å². The van der Waals surface area contributed by atoms with Gasteiger partial charge in [0.25, 0.3) is 0 Å². The van der Waals surface area contributed by atoms with Crippen LogP contribution in [-0.2, 0) is 19.4 Å². The third-order valence-corrected chi connectivity index (χ3v) is 2.62. The van der Waals surface area contributed by atoms with Crippen molar-refractivity contribution in [3.63, 3.8) is 0 Å². The fraction of sp³-hybridized carbons (Fsp3) is 0.667. The molecule has 0 fully saturated rings. The predicted octanol–water partition coefficient (Wildman–Crippen LogP) is 0.799. The number of aromatic nitrogens is 5. The summed E-state index contributed by atoms with van der Waals surface area (Å²) in [5.41, 5.74) is 6.40. The van der Waals surface area contributed by atoms with Crippen LogP contribution in [-0.4, -0.2) is 31.7 Å². The van der Waals surface area contributed by atoms with Gasteiger partial charge in [0.15, 0.2) is 5.82 Å². The third kappa shape index (κ3) is 4.13. The van der Waals surface area contributed by atoms with E-state index >= 15 is 0 Å². The van der Waals surface area contributed by atoms with Gasteiger partial charge >= 0.3 is 0 Å². The lowest BCUT2D eigenvalue weighted by atomic mass is 10.1. The highest BCUT2D eigenvalue weighted by Crippen LogP contribution is 2.06. The minimum Gasteiger partial charge on any atom is -0.337 e. The molecule has 0 saturated carbocycles. The fourth-order valence-corrected chi connectivity index (χ4v) is 1.75. The van der Waals surface area contributed by atoms with Gasteiger partial charge < -0.3 is 10.3 Å². The molecule has 0 bridgehead atoms. The Balaban J connectivity index is 1.93. The van der Waals surface area contributed by atoms with Crippen LogP contribution in [0.15, 0.2) is 10.7 Å². The van der Waals surface area contributed by atoms with Crippen LogP contribution in [0.2, 0.25) is 0 Å². The van der Waals surface area contributed by atoms with Gasteiger partial charge in [-0.15, -0.1) is 5.10 Å². The minimum atomic E-state index is 0.459. The first-order chi connectivity index (χ1) is 9.17. The van der Waals surface area contributed by atoms with Crippen LogP contribution in [0.4, 0.5) is 0 Å². The molecule has 2 heterocycles. The molecule has 0 radical (unpaired) electrons. The Labute approximate surface area is 112 Å². The van der Waals surface area contributed by atoms with Crippen LogP contribution in [0.5, 0.6) is 0 Å². The lowest BCUT2D eigenvalue weighted by Crippen LogP contribution is -2.02. The minimum absolute atomic E-state index is 0.459. The van der Waals surface area contributed by atoms with Crippen molar-refractivity contribution in [2.75, 3.05) is 6.54 Å². The van der Waals surface area contributed by atoms with Crippen LogP contribution in [0.1, 0.15) is 37.7 Å². The molecular formula is C12H20N6O. The zero-order valence-electron chi connectivity index (χ0n) is 11.4. The average molecular weight is 264 g/mol. The molecule has 2 aromatic rings. The number of rotatable bonds is 7. The number of nitrogens with zero attached hydrogens (tertiary/aromatic N) is 5. The van der Waals surface area contributed by atoms with Crippen molar-refractivity contribution in [2.45, 2.75) is 39.7 Å². The first-order valence-corrected chi connectivity index (χ1v) is 6.58. The highest BCUT2D eigenvalue weighted by atomic mass is 16.5. The highest BCUT2D eigenvalue weighted by Gasteiger charge is 2.09. The first kappa shape index (κ1) is 13.7. The van der Waals surface area contributed by atoms with Gasteiger partial charge in [0.05, 0.1) is 5.69 Å². The molecule has 0 atom stereocenters. The summed E-state index contributed by atoms with van der Waals surface area (Å²) in [5.74, 6) is 1.82. The Morgan fingerprint density at radius 3 is 3.00 bits per heavy atom. The zero-order valence-corrected chi connectivity index (χ0v) is 11.4. The number of hydrogen-bond acceptors (Lipinski definition) is 6.